The lowest BCUT2D eigenvalue weighted by Crippen LogP contribution is -2.47. The minimum atomic E-state index is 0.638. The van der Waals surface area contributed by atoms with Crippen molar-refractivity contribution < 1.29 is 0 Å². The number of benzene rings is 1. The molecule has 1 aliphatic heterocycles. The van der Waals surface area contributed by atoms with Crippen molar-refractivity contribution >= 4 is 29.1 Å². The predicted molar refractivity (Wildman–Crippen MR) is 114 cm³/mol. The smallest absolute Gasteiger partial charge is 0.227 e. The Morgan fingerprint density at radius 2 is 1.79 bits per heavy atom. The number of rotatable bonds is 5. The number of halogens is 1. The number of piperazine rings is 1. The van der Waals surface area contributed by atoms with Gasteiger partial charge in [0.25, 0.3) is 0 Å². The summed E-state index contributed by atoms with van der Waals surface area (Å²) in [4.78, 5) is 18.3. The number of hydrogen-bond acceptors (Lipinski definition) is 6. The summed E-state index contributed by atoms with van der Waals surface area (Å²) in [5.41, 5.74) is 3.09. The topological polar surface area (TPSA) is 57.2 Å². The van der Waals surface area contributed by atoms with Gasteiger partial charge in [-0.25, -0.2) is 4.98 Å². The number of nitrogens with one attached hydrogen (secondary N) is 1. The van der Waals surface area contributed by atoms with Gasteiger partial charge < -0.3 is 15.1 Å². The summed E-state index contributed by atoms with van der Waals surface area (Å²) < 4.78 is 0. The van der Waals surface area contributed by atoms with E-state index in [1.165, 1.54) is 0 Å². The molecule has 1 N–H and O–H groups in total. The monoisotopic (exact) mass is 394 g/mol. The Labute approximate surface area is 170 Å². The van der Waals surface area contributed by atoms with Crippen LogP contribution < -0.4 is 15.1 Å². The zero-order chi connectivity index (χ0) is 19.3. The lowest BCUT2D eigenvalue weighted by molar-refractivity contribution is 0.639. The Morgan fingerprint density at radius 1 is 0.964 bits per heavy atom. The third kappa shape index (κ3) is 4.51. The number of nitrogens with zero attached hydrogens (tertiary/aromatic N) is 5. The maximum atomic E-state index is 6.13. The first-order valence-electron chi connectivity index (χ1n) is 9.42. The molecule has 3 aromatic rings. The quantitative estimate of drug-likeness (QED) is 0.710. The highest BCUT2D eigenvalue weighted by Crippen LogP contribution is 2.22. The van der Waals surface area contributed by atoms with Gasteiger partial charge in [0, 0.05) is 54.8 Å². The van der Waals surface area contributed by atoms with Crippen molar-refractivity contribution in [1.29, 1.82) is 0 Å². The second-order valence-electron chi connectivity index (χ2n) is 6.82. The van der Waals surface area contributed by atoms with Gasteiger partial charge in [0.15, 0.2) is 0 Å². The third-order valence-electron chi connectivity index (χ3n) is 4.76. The van der Waals surface area contributed by atoms with Gasteiger partial charge in [0.1, 0.15) is 5.82 Å². The molecule has 1 aliphatic rings. The fourth-order valence-corrected chi connectivity index (χ4v) is 3.49. The molecule has 7 heteroatoms. The van der Waals surface area contributed by atoms with E-state index in [4.69, 9.17) is 16.6 Å². The fourth-order valence-electron chi connectivity index (χ4n) is 3.31. The first-order valence-corrected chi connectivity index (χ1v) is 9.80. The van der Waals surface area contributed by atoms with Crippen LogP contribution in [0, 0.1) is 6.92 Å². The molecule has 0 bridgehead atoms. The summed E-state index contributed by atoms with van der Waals surface area (Å²) in [6.07, 6.45) is 1.80. The summed E-state index contributed by atoms with van der Waals surface area (Å²) in [5.74, 6) is 1.60. The first kappa shape index (κ1) is 18.5. The van der Waals surface area contributed by atoms with Gasteiger partial charge in [-0.15, -0.1) is 0 Å². The minimum Gasteiger partial charge on any atom is -0.368 e. The Bertz CT molecular complexity index is 925. The van der Waals surface area contributed by atoms with E-state index in [9.17, 15) is 0 Å². The Kier molecular flexibility index (Phi) is 5.58. The number of aryl methyl sites for hydroxylation is 1. The van der Waals surface area contributed by atoms with Crippen LogP contribution >= 0.6 is 11.6 Å². The molecular weight excluding hydrogens is 372 g/mol. The number of aromatic nitrogens is 3. The molecule has 1 aromatic carbocycles. The van der Waals surface area contributed by atoms with E-state index >= 15 is 0 Å². The maximum absolute atomic E-state index is 6.13. The highest BCUT2D eigenvalue weighted by Gasteiger charge is 2.20. The van der Waals surface area contributed by atoms with E-state index in [-0.39, 0.29) is 0 Å². The standard InChI is InChI=1S/C21H23ClN6/c1-16-13-20(24-15-18-6-2-3-8-23-18)26-21(25-16)28-11-9-27(10-12-28)19-7-4-5-17(22)14-19/h2-8,13-14H,9-12,15H2,1H3,(H,24,25,26). The van der Waals surface area contributed by atoms with Gasteiger partial charge in [0.05, 0.1) is 12.2 Å². The molecule has 0 radical (unpaired) electrons. The molecule has 28 heavy (non-hydrogen) atoms. The molecule has 0 amide bonds. The summed E-state index contributed by atoms with van der Waals surface area (Å²) in [7, 11) is 0. The van der Waals surface area contributed by atoms with Gasteiger partial charge in [-0.3, -0.25) is 4.98 Å². The van der Waals surface area contributed by atoms with Crippen LogP contribution in [-0.2, 0) is 6.54 Å². The van der Waals surface area contributed by atoms with Crippen LogP contribution in [0.25, 0.3) is 0 Å². The third-order valence-corrected chi connectivity index (χ3v) is 4.99. The van der Waals surface area contributed by atoms with E-state index in [0.29, 0.717) is 6.54 Å². The van der Waals surface area contributed by atoms with Crippen LogP contribution in [0.4, 0.5) is 17.5 Å². The SMILES string of the molecule is Cc1cc(NCc2ccccn2)nc(N2CCN(c3cccc(Cl)c3)CC2)n1. The molecular formula is C21H23ClN6. The molecule has 6 nitrogen and oxygen atoms in total. The van der Waals surface area contributed by atoms with Crippen LogP contribution in [0.2, 0.25) is 5.02 Å². The van der Waals surface area contributed by atoms with Gasteiger partial charge in [-0.2, -0.15) is 4.98 Å². The molecule has 2 aromatic heterocycles. The summed E-state index contributed by atoms with van der Waals surface area (Å²) in [5, 5.41) is 4.13. The Morgan fingerprint density at radius 3 is 2.54 bits per heavy atom. The van der Waals surface area contributed by atoms with Gasteiger partial charge in [-0.1, -0.05) is 23.7 Å². The van der Waals surface area contributed by atoms with Crippen LogP contribution in [0.5, 0.6) is 0 Å². The fraction of sp³-hybridized carbons (Fsp3) is 0.286. The van der Waals surface area contributed by atoms with Crippen molar-refractivity contribution in [2.45, 2.75) is 13.5 Å². The second kappa shape index (κ2) is 8.44. The van der Waals surface area contributed by atoms with E-state index in [1.807, 2.05) is 49.4 Å². The molecule has 0 aliphatic carbocycles. The van der Waals surface area contributed by atoms with Gasteiger partial charge >= 0.3 is 0 Å². The van der Waals surface area contributed by atoms with Crippen molar-refractivity contribution in [3.8, 4) is 0 Å². The van der Waals surface area contributed by atoms with E-state index in [1.54, 1.807) is 6.20 Å². The average molecular weight is 395 g/mol. The normalized spacial score (nSPS) is 14.2. The molecule has 0 saturated carbocycles. The van der Waals surface area contributed by atoms with E-state index in [0.717, 1.165) is 60.0 Å². The molecule has 0 spiro atoms. The Hall–Kier alpha value is -2.86. The van der Waals surface area contributed by atoms with Crippen LogP contribution in [0.3, 0.4) is 0 Å². The van der Waals surface area contributed by atoms with Crippen molar-refractivity contribution in [3.05, 3.63) is 71.1 Å². The van der Waals surface area contributed by atoms with Crippen LogP contribution in [0.15, 0.2) is 54.7 Å². The molecule has 0 atom stereocenters. The summed E-state index contributed by atoms with van der Waals surface area (Å²) in [6.45, 7) is 6.20. The molecule has 144 valence electrons. The van der Waals surface area contributed by atoms with Crippen molar-refractivity contribution in [2.24, 2.45) is 0 Å². The zero-order valence-electron chi connectivity index (χ0n) is 15.8. The van der Waals surface area contributed by atoms with Gasteiger partial charge in [0.2, 0.25) is 5.95 Å². The van der Waals surface area contributed by atoms with E-state index < -0.39 is 0 Å². The second-order valence-corrected chi connectivity index (χ2v) is 7.26. The Balaban J connectivity index is 1.41. The molecule has 1 saturated heterocycles. The number of pyridine rings is 1. The van der Waals surface area contributed by atoms with Crippen molar-refractivity contribution in [3.63, 3.8) is 0 Å². The lowest BCUT2D eigenvalue weighted by Gasteiger charge is -2.36. The van der Waals surface area contributed by atoms with Crippen LogP contribution in [0.1, 0.15) is 11.4 Å². The lowest BCUT2D eigenvalue weighted by atomic mass is 10.2. The maximum Gasteiger partial charge on any atom is 0.227 e. The van der Waals surface area contributed by atoms with Crippen molar-refractivity contribution in [1.82, 2.24) is 15.0 Å². The molecule has 4 rings (SSSR count). The van der Waals surface area contributed by atoms with Crippen molar-refractivity contribution in [2.75, 3.05) is 41.3 Å². The van der Waals surface area contributed by atoms with Gasteiger partial charge in [-0.05, 0) is 37.3 Å². The number of anilines is 3. The van der Waals surface area contributed by atoms with Crippen LogP contribution in [-0.4, -0.2) is 41.1 Å². The zero-order valence-corrected chi connectivity index (χ0v) is 16.6. The minimum absolute atomic E-state index is 0.638. The summed E-state index contributed by atoms with van der Waals surface area (Å²) in [6, 6.07) is 15.9. The highest BCUT2D eigenvalue weighted by atomic mass is 35.5. The summed E-state index contributed by atoms with van der Waals surface area (Å²) >= 11 is 6.13. The first-order chi connectivity index (χ1) is 13.7. The number of hydrogen-bond donors (Lipinski definition) is 1. The average Bonchev–Trinajstić information content (AvgIpc) is 2.73. The molecule has 3 heterocycles. The van der Waals surface area contributed by atoms with E-state index in [2.05, 4.69) is 31.2 Å². The molecule has 0 unspecified atom stereocenters. The predicted octanol–water partition coefficient (Wildman–Crippen LogP) is 3.77. The molecule has 1 fully saturated rings. The highest BCUT2D eigenvalue weighted by molar-refractivity contribution is 6.30. The largest absolute Gasteiger partial charge is 0.368 e.